The Bertz CT molecular complexity index is 1910. The molecule has 1 saturated heterocycles. The molecule has 1 aliphatic rings. The van der Waals surface area contributed by atoms with E-state index in [1.54, 1.807) is 73.5 Å². The van der Waals surface area contributed by atoms with Crippen LogP contribution < -0.4 is 25.3 Å². The second-order valence-electron chi connectivity index (χ2n) is 11.3. The van der Waals surface area contributed by atoms with Crippen LogP contribution in [0.15, 0.2) is 71.8 Å². The molecule has 248 valence electrons. The number of rotatable bonds is 10. The van der Waals surface area contributed by atoms with Crippen molar-refractivity contribution in [1.82, 2.24) is 9.88 Å². The maximum atomic E-state index is 14.7. The summed E-state index contributed by atoms with van der Waals surface area (Å²) in [5, 5.41) is 3.42. The minimum absolute atomic E-state index is 0.0944. The standard InChI is InChI=1S/C34H38N4O8S/c1-20(2)47(41,42)30-13-9-23(37-34(40)45-5)19-26(30)27-7-6-16-38(27)33(39)31(22-8-12-28(43-3)29(18-22)44-4)46-24-10-11-25-21(17-24)14-15-36-32(25)35/h8-15,17-20,27,31H,6-7,16H2,1-5H3,(H2,35,36)(H,37,40). The molecule has 12 nitrogen and oxygen atoms in total. The van der Waals surface area contributed by atoms with Crippen LogP contribution in [-0.2, 0) is 19.4 Å². The number of sulfone groups is 1. The molecule has 2 atom stereocenters. The van der Waals surface area contributed by atoms with Crippen molar-refractivity contribution in [2.24, 2.45) is 0 Å². The summed E-state index contributed by atoms with van der Waals surface area (Å²) in [4.78, 5) is 32.6. The predicted molar refractivity (Wildman–Crippen MR) is 178 cm³/mol. The molecule has 47 heavy (non-hydrogen) atoms. The fourth-order valence-electron chi connectivity index (χ4n) is 5.74. The van der Waals surface area contributed by atoms with Gasteiger partial charge in [0.15, 0.2) is 21.3 Å². The second-order valence-corrected chi connectivity index (χ2v) is 13.8. The minimum atomic E-state index is -3.77. The zero-order valence-electron chi connectivity index (χ0n) is 26.9. The van der Waals surface area contributed by atoms with Crippen molar-refractivity contribution in [3.63, 3.8) is 0 Å². The molecule has 0 saturated carbocycles. The van der Waals surface area contributed by atoms with Gasteiger partial charge >= 0.3 is 6.09 Å². The number of nitrogens with zero attached hydrogens (tertiary/aromatic N) is 2. The van der Waals surface area contributed by atoms with E-state index in [1.807, 2.05) is 0 Å². The van der Waals surface area contributed by atoms with E-state index in [1.165, 1.54) is 33.5 Å². The highest BCUT2D eigenvalue weighted by Gasteiger charge is 2.39. The third-order valence-electron chi connectivity index (χ3n) is 8.22. The third-order valence-corrected chi connectivity index (χ3v) is 10.4. The molecule has 1 aliphatic heterocycles. The van der Waals surface area contributed by atoms with Crippen LogP contribution in [0, 0.1) is 0 Å². The molecule has 0 spiro atoms. The lowest BCUT2D eigenvalue weighted by Crippen LogP contribution is -2.37. The summed E-state index contributed by atoms with van der Waals surface area (Å²) in [5.41, 5.74) is 7.30. The Kier molecular flexibility index (Phi) is 9.75. The number of likely N-dealkylation sites (tertiary alicyclic amines) is 1. The van der Waals surface area contributed by atoms with Gasteiger partial charge in [-0.3, -0.25) is 10.1 Å². The number of anilines is 2. The maximum Gasteiger partial charge on any atom is 0.411 e. The van der Waals surface area contributed by atoms with Crippen LogP contribution in [-0.4, -0.2) is 63.4 Å². The number of ether oxygens (including phenoxy) is 4. The molecule has 2 amide bonds. The molecular formula is C34H38N4O8S. The van der Waals surface area contributed by atoms with Gasteiger partial charge in [-0.05, 0) is 92.2 Å². The quantitative estimate of drug-likeness (QED) is 0.216. The Labute approximate surface area is 273 Å². The van der Waals surface area contributed by atoms with E-state index in [9.17, 15) is 18.0 Å². The van der Waals surface area contributed by atoms with Gasteiger partial charge in [-0.25, -0.2) is 18.2 Å². The molecule has 2 unspecified atom stereocenters. The molecule has 0 radical (unpaired) electrons. The van der Waals surface area contributed by atoms with E-state index < -0.39 is 33.3 Å². The Hall–Kier alpha value is -5.04. The number of pyridine rings is 1. The van der Waals surface area contributed by atoms with Gasteiger partial charge < -0.3 is 29.6 Å². The normalized spacial score (nSPS) is 15.4. The SMILES string of the molecule is COC(=O)Nc1ccc(S(=O)(=O)C(C)C)c(C2CCCN2C(=O)C(Oc2ccc3c(N)nccc3c2)c2ccc(OC)c(OC)c2)c1. The molecule has 2 heterocycles. The van der Waals surface area contributed by atoms with Crippen LogP contribution in [0.1, 0.15) is 50.0 Å². The molecule has 5 rings (SSSR count). The van der Waals surface area contributed by atoms with Gasteiger partial charge in [0, 0.05) is 29.4 Å². The van der Waals surface area contributed by atoms with Crippen molar-refractivity contribution in [2.45, 2.75) is 49.0 Å². The lowest BCUT2D eigenvalue weighted by Gasteiger charge is -2.31. The fourth-order valence-corrected chi connectivity index (χ4v) is 7.03. The van der Waals surface area contributed by atoms with Gasteiger partial charge in [0.05, 0.1) is 37.5 Å². The first-order valence-electron chi connectivity index (χ1n) is 15.0. The number of carbonyl (C=O) groups excluding carboxylic acids is 2. The van der Waals surface area contributed by atoms with Crippen molar-refractivity contribution in [2.75, 3.05) is 38.9 Å². The fraction of sp³-hybridized carbons (Fsp3) is 0.324. The van der Waals surface area contributed by atoms with Crippen LogP contribution >= 0.6 is 0 Å². The van der Waals surface area contributed by atoms with Crippen LogP contribution in [0.3, 0.4) is 0 Å². The molecule has 3 aromatic carbocycles. The highest BCUT2D eigenvalue weighted by atomic mass is 32.2. The summed E-state index contributed by atoms with van der Waals surface area (Å²) < 4.78 is 49.3. The molecule has 4 aromatic rings. The van der Waals surface area contributed by atoms with Gasteiger partial charge in [-0.1, -0.05) is 6.07 Å². The van der Waals surface area contributed by atoms with Crippen molar-refractivity contribution in [3.05, 3.63) is 78.0 Å². The lowest BCUT2D eigenvalue weighted by molar-refractivity contribution is -0.140. The van der Waals surface area contributed by atoms with Crippen molar-refractivity contribution in [3.8, 4) is 17.2 Å². The van der Waals surface area contributed by atoms with E-state index in [2.05, 4.69) is 10.3 Å². The Morgan fingerprint density at radius 3 is 2.45 bits per heavy atom. The maximum absolute atomic E-state index is 14.7. The Balaban J connectivity index is 1.60. The van der Waals surface area contributed by atoms with E-state index >= 15 is 0 Å². The van der Waals surface area contributed by atoms with Crippen LogP contribution in [0.2, 0.25) is 0 Å². The van der Waals surface area contributed by atoms with Gasteiger partial charge in [-0.15, -0.1) is 0 Å². The summed E-state index contributed by atoms with van der Waals surface area (Å²) in [6.07, 6.45) is 0.861. The highest BCUT2D eigenvalue weighted by molar-refractivity contribution is 7.92. The first-order chi connectivity index (χ1) is 22.5. The molecular weight excluding hydrogens is 624 g/mol. The van der Waals surface area contributed by atoms with Crippen molar-refractivity contribution < 1.29 is 37.0 Å². The number of hydrogen-bond donors (Lipinski definition) is 2. The number of nitrogen functional groups attached to an aromatic ring is 1. The van der Waals surface area contributed by atoms with Crippen LogP contribution in [0.25, 0.3) is 10.8 Å². The number of nitrogens with one attached hydrogen (secondary N) is 1. The smallest absolute Gasteiger partial charge is 0.411 e. The van der Waals surface area contributed by atoms with Gasteiger partial charge in [0.25, 0.3) is 5.91 Å². The first kappa shape index (κ1) is 33.3. The van der Waals surface area contributed by atoms with Crippen molar-refractivity contribution >= 4 is 44.1 Å². The summed E-state index contributed by atoms with van der Waals surface area (Å²) in [5.74, 6) is 1.30. The Morgan fingerprint density at radius 1 is 0.979 bits per heavy atom. The van der Waals surface area contributed by atoms with E-state index in [4.69, 9.17) is 24.7 Å². The number of benzene rings is 3. The van der Waals surface area contributed by atoms with Crippen LogP contribution in [0.5, 0.6) is 17.2 Å². The molecule has 1 fully saturated rings. The number of amides is 2. The topological polar surface area (TPSA) is 159 Å². The highest BCUT2D eigenvalue weighted by Crippen LogP contribution is 2.41. The largest absolute Gasteiger partial charge is 0.493 e. The van der Waals surface area contributed by atoms with Gasteiger partial charge in [-0.2, -0.15) is 0 Å². The van der Waals surface area contributed by atoms with Crippen molar-refractivity contribution in [1.29, 1.82) is 0 Å². The zero-order chi connectivity index (χ0) is 33.9. The number of aromatic nitrogens is 1. The monoisotopic (exact) mass is 662 g/mol. The predicted octanol–water partition coefficient (Wildman–Crippen LogP) is 5.68. The minimum Gasteiger partial charge on any atom is -0.493 e. The zero-order valence-corrected chi connectivity index (χ0v) is 27.7. The molecule has 3 N–H and O–H groups in total. The second kappa shape index (κ2) is 13.8. The van der Waals surface area contributed by atoms with Crippen LogP contribution in [0.4, 0.5) is 16.3 Å². The number of methoxy groups -OCH3 is 3. The first-order valence-corrected chi connectivity index (χ1v) is 16.6. The summed E-state index contributed by atoms with van der Waals surface area (Å²) in [7, 11) is 0.496. The molecule has 0 bridgehead atoms. The average molecular weight is 663 g/mol. The van der Waals surface area contributed by atoms with E-state index in [0.717, 1.165) is 10.8 Å². The van der Waals surface area contributed by atoms with E-state index in [-0.39, 0.29) is 10.8 Å². The van der Waals surface area contributed by atoms with Gasteiger partial charge in [0.1, 0.15) is 11.6 Å². The molecule has 13 heteroatoms. The molecule has 1 aromatic heterocycles. The summed E-state index contributed by atoms with van der Waals surface area (Å²) in [6, 6.07) is 16.1. The lowest BCUT2D eigenvalue weighted by atomic mass is 10.0. The Morgan fingerprint density at radius 2 is 1.74 bits per heavy atom. The number of nitrogens with two attached hydrogens (primary N) is 1. The number of hydrogen-bond acceptors (Lipinski definition) is 10. The summed E-state index contributed by atoms with van der Waals surface area (Å²) in [6.45, 7) is 3.56. The average Bonchev–Trinajstić information content (AvgIpc) is 3.56. The third kappa shape index (κ3) is 6.75. The molecule has 0 aliphatic carbocycles. The van der Waals surface area contributed by atoms with E-state index in [0.29, 0.717) is 59.3 Å². The summed E-state index contributed by atoms with van der Waals surface area (Å²) >= 11 is 0. The number of fused-ring (bicyclic) bond motifs is 1. The number of carbonyl (C=O) groups is 2. The van der Waals surface area contributed by atoms with Gasteiger partial charge in [0.2, 0.25) is 6.10 Å².